The number of halogens is 1. The van der Waals surface area contributed by atoms with Crippen LogP contribution in [0.3, 0.4) is 0 Å². The molecule has 2 rings (SSSR count). The van der Waals surface area contributed by atoms with Gasteiger partial charge in [0, 0.05) is 11.0 Å². The standard InChI is InChI=1S/C11H11BrN2O2/c12-8-3-1-7(2-4-8)6-13-9-5-10(15)14-11(9)16/h1-4,9,13H,5-6H2,(H,14,15,16). The number of benzene rings is 1. The molecule has 0 aliphatic carbocycles. The first kappa shape index (κ1) is 11.3. The predicted octanol–water partition coefficient (Wildman–Crippen LogP) is 0.954. The average Bonchev–Trinajstić information content (AvgIpc) is 2.57. The maximum atomic E-state index is 11.3. The van der Waals surface area contributed by atoms with Gasteiger partial charge in [0.15, 0.2) is 0 Å². The Morgan fingerprint density at radius 3 is 2.56 bits per heavy atom. The molecule has 1 atom stereocenters. The van der Waals surface area contributed by atoms with E-state index in [2.05, 4.69) is 26.6 Å². The number of amides is 2. The van der Waals surface area contributed by atoms with E-state index >= 15 is 0 Å². The summed E-state index contributed by atoms with van der Waals surface area (Å²) in [5, 5.41) is 5.31. The molecule has 0 saturated carbocycles. The minimum Gasteiger partial charge on any atom is -0.301 e. The molecule has 1 aromatic rings. The van der Waals surface area contributed by atoms with Crippen molar-refractivity contribution in [1.29, 1.82) is 0 Å². The molecule has 16 heavy (non-hydrogen) atoms. The maximum Gasteiger partial charge on any atom is 0.244 e. The molecule has 1 fully saturated rings. The fourth-order valence-corrected chi connectivity index (χ4v) is 1.83. The van der Waals surface area contributed by atoms with Gasteiger partial charge in [0.25, 0.3) is 0 Å². The van der Waals surface area contributed by atoms with E-state index in [0.29, 0.717) is 6.54 Å². The number of imide groups is 1. The largest absolute Gasteiger partial charge is 0.301 e. The van der Waals surface area contributed by atoms with Crippen LogP contribution in [0.5, 0.6) is 0 Å². The molecule has 0 spiro atoms. The van der Waals surface area contributed by atoms with Crippen LogP contribution in [0.15, 0.2) is 28.7 Å². The van der Waals surface area contributed by atoms with E-state index in [1.165, 1.54) is 0 Å². The highest BCUT2D eigenvalue weighted by molar-refractivity contribution is 9.10. The van der Waals surface area contributed by atoms with Gasteiger partial charge in [-0.1, -0.05) is 28.1 Å². The van der Waals surface area contributed by atoms with E-state index < -0.39 is 6.04 Å². The van der Waals surface area contributed by atoms with Crippen LogP contribution in [-0.4, -0.2) is 17.9 Å². The molecule has 1 aliphatic heterocycles. The number of hydrogen-bond donors (Lipinski definition) is 2. The summed E-state index contributed by atoms with van der Waals surface area (Å²) in [6.45, 7) is 0.582. The molecular formula is C11H11BrN2O2. The lowest BCUT2D eigenvalue weighted by Crippen LogP contribution is -2.35. The van der Waals surface area contributed by atoms with E-state index in [1.54, 1.807) is 0 Å². The Morgan fingerprint density at radius 2 is 2.00 bits per heavy atom. The predicted molar refractivity (Wildman–Crippen MR) is 62.5 cm³/mol. The molecule has 1 aliphatic rings. The number of rotatable bonds is 3. The molecule has 1 unspecified atom stereocenters. The van der Waals surface area contributed by atoms with Crippen LogP contribution in [0.4, 0.5) is 0 Å². The number of nitrogens with one attached hydrogen (secondary N) is 2. The quantitative estimate of drug-likeness (QED) is 0.812. The van der Waals surface area contributed by atoms with Crippen molar-refractivity contribution in [1.82, 2.24) is 10.6 Å². The Bertz CT molecular complexity index is 416. The van der Waals surface area contributed by atoms with Crippen LogP contribution in [0, 0.1) is 0 Å². The molecule has 2 amide bonds. The monoisotopic (exact) mass is 282 g/mol. The van der Waals surface area contributed by atoms with Gasteiger partial charge in [0.1, 0.15) is 0 Å². The van der Waals surface area contributed by atoms with Crippen LogP contribution < -0.4 is 10.6 Å². The van der Waals surface area contributed by atoms with E-state index in [-0.39, 0.29) is 18.2 Å². The minimum atomic E-state index is -0.392. The topological polar surface area (TPSA) is 58.2 Å². The van der Waals surface area contributed by atoms with Crippen LogP contribution in [0.25, 0.3) is 0 Å². The second-order valence-corrected chi connectivity index (χ2v) is 4.59. The summed E-state index contributed by atoms with van der Waals surface area (Å²) in [5.74, 6) is -0.444. The Hall–Kier alpha value is -1.20. The van der Waals surface area contributed by atoms with Crippen molar-refractivity contribution < 1.29 is 9.59 Å². The van der Waals surface area contributed by atoms with Gasteiger partial charge in [-0.3, -0.25) is 14.9 Å². The highest BCUT2D eigenvalue weighted by Crippen LogP contribution is 2.11. The Morgan fingerprint density at radius 1 is 1.31 bits per heavy atom. The molecule has 1 saturated heterocycles. The second kappa shape index (κ2) is 4.76. The van der Waals surface area contributed by atoms with Crippen LogP contribution in [-0.2, 0) is 16.1 Å². The average molecular weight is 283 g/mol. The Kier molecular flexibility index (Phi) is 3.36. The SMILES string of the molecule is O=C1CC(NCc2ccc(Br)cc2)C(=O)N1. The Balaban J connectivity index is 1.90. The third-order valence-corrected chi connectivity index (χ3v) is 2.96. The van der Waals surface area contributed by atoms with Gasteiger partial charge in [-0.25, -0.2) is 0 Å². The Labute approximate surface area is 102 Å². The smallest absolute Gasteiger partial charge is 0.244 e. The second-order valence-electron chi connectivity index (χ2n) is 3.68. The zero-order valence-corrected chi connectivity index (χ0v) is 10.1. The van der Waals surface area contributed by atoms with Gasteiger partial charge in [-0.15, -0.1) is 0 Å². The third-order valence-electron chi connectivity index (χ3n) is 2.43. The van der Waals surface area contributed by atoms with Gasteiger partial charge >= 0.3 is 0 Å². The van der Waals surface area contributed by atoms with E-state index in [9.17, 15) is 9.59 Å². The van der Waals surface area contributed by atoms with Crippen molar-refractivity contribution >= 4 is 27.7 Å². The van der Waals surface area contributed by atoms with Gasteiger partial charge in [0.05, 0.1) is 12.5 Å². The van der Waals surface area contributed by atoms with E-state index in [4.69, 9.17) is 0 Å². The summed E-state index contributed by atoms with van der Waals surface area (Å²) < 4.78 is 1.02. The molecule has 4 nitrogen and oxygen atoms in total. The van der Waals surface area contributed by atoms with Crippen molar-refractivity contribution in [3.05, 3.63) is 34.3 Å². The summed E-state index contributed by atoms with van der Waals surface area (Å²) in [6, 6.07) is 7.42. The summed E-state index contributed by atoms with van der Waals surface area (Å²) in [5.41, 5.74) is 1.08. The summed E-state index contributed by atoms with van der Waals surface area (Å²) in [6.07, 6.45) is 0.232. The third kappa shape index (κ3) is 2.68. The summed E-state index contributed by atoms with van der Waals surface area (Å²) in [7, 11) is 0. The normalized spacial score (nSPS) is 19.9. The fraction of sp³-hybridized carbons (Fsp3) is 0.273. The number of carbonyl (C=O) groups excluding carboxylic acids is 2. The summed E-state index contributed by atoms with van der Waals surface area (Å²) >= 11 is 3.35. The number of carbonyl (C=O) groups is 2. The van der Waals surface area contributed by atoms with E-state index in [1.807, 2.05) is 24.3 Å². The molecule has 0 radical (unpaired) electrons. The zero-order valence-electron chi connectivity index (χ0n) is 8.50. The van der Waals surface area contributed by atoms with Crippen molar-refractivity contribution in [2.24, 2.45) is 0 Å². The zero-order chi connectivity index (χ0) is 11.5. The molecule has 84 valence electrons. The highest BCUT2D eigenvalue weighted by Gasteiger charge is 2.29. The first-order chi connectivity index (χ1) is 7.65. The van der Waals surface area contributed by atoms with Crippen molar-refractivity contribution in [3.63, 3.8) is 0 Å². The lowest BCUT2D eigenvalue weighted by molar-refractivity contribution is -0.125. The molecular weight excluding hydrogens is 272 g/mol. The molecule has 0 bridgehead atoms. The van der Waals surface area contributed by atoms with Gasteiger partial charge in [-0.2, -0.15) is 0 Å². The van der Waals surface area contributed by atoms with Crippen LogP contribution >= 0.6 is 15.9 Å². The fourth-order valence-electron chi connectivity index (χ4n) is 1.56. The van der Waals surface area contributed by atoms with Gasteiger partial charge < -0.3 is 5.32 Å². The van der Waals surface area contributed by atoms with Gasteiger partial charge in [0.2, 0.25) is 11.8 Å². The molecule has 5 heteroatoms. The maximum absolute atomic E-state index is 11.3. The van der Waals surface area contributed by atoms with Crippen molar-refractivity contribution in [2.45, 2.75) is 19.0 Å². The van der Waals surface area contributed by atoms with Crippen LogP contribution in [0.2, 0.25) is 0 Å². The minimum absolute atomic E-state index is 0.210. The van der Waals surface area contributed by atoms with Crippen LogP contribution in [0.1, 0.15) is 12.0 Å². The molecule has 1 aromatic carbocycles. The van der Waals surface area contributed by atoms with Gasteiger partial charge in [-0.05, 0) is 17.7 Å². The number of hydrogen-bond acceptors (Lipinski definition) is 3. The summed E-state index contributed by atoms with van der Waals surface area (Å²) in [4.78, 5) is 22.2. The van der Waals surface area contributed by atoms with Crippen molar-refractivity contribution in [2.75, 3.05) is 0 Å². The first-order valence-corrected chi connectivity index (χ1v) is 5.76. The molecule has 1 heterocycles. The molecule has 0 aromatic heterocycles. The van der Waals surface area contributed by atoms with Crippen molar-refractivity contribution in [3.8, 4) is 0 Å². The molecule has 2 N–H and O–H groups in total. The lowest BCUT2D eigenvalue weighted by atomic mass is 10.2. The lowest BCUT2D eigenvalue weighted by Gasteiger charge is -2.08. The van der Waals surface area contributed by atoms with E-state index in [0.717, 1.165) is 10.0 Å². The first-order valence-electron chi connectivity index (χ1n) is 4.96. The highest BCUT2D eigenvalue weighted by atomic mass is 79.9.